The van der Waals surface area contributed by atoms with Crippen LogP contribution in [0.4, 0.5) is 0 Å². The summed E-state index contributed by atoms with van der Waals surface area (Å²) >= 11 is 0. The molecule has 1 aromatic carbocycles. The minimum Gasteiger partial charge on any atom is -0.497 e. The maximum atomic E-state index is 11.2. The maximum absolute atomic E-state index is 11.2. The quantitative estimate of drug-likeness (QED) is 0.878. The van der Waals surface area contributed by atoms with Crippen molar-refractivity contribution in [3.05, 3.63) is 48.7 Å². The number of ether oxygens (including phenoxy) is 1. The van der Waals surface area contributed by atoms with Crippen LogP contribution in [0.5, 0.6) is 5.75 Å². The van der Waals surface area contributed by atoms with Gasteiger partial charge in [0.1, 0.15) is 5.75 Å². The van der Waals surface area contributed by atoms with Crippen LogP contribution in [0.15, 0.2) is 43.1 Å². The van der Waals surface area contributed by atoms with Crippen molar-refractivity contribution in [3.63, 3.8) is 0 Å². The van der Waals surface area contributed by atoms with E-state index in [9.17, 15) is 5.11 Å². The fourth-order valence-corrected chi connectivity index (χ4v) is 4.44. The zero-order valence-electron chi connectivity index (χ0n) is 14.1. The molecular weight excluding hydrogens is 300 g/mol. The zero-order chi connectivity index (χ0) is 16.7. The number of fused-ring (bicyclic) bond motifs is 4. The Kier molecular flexibility index (Phi) is 4.02. The smallest absolute Gasteiger partial charge is 0.119 e. The summed E-state index contributed by atoms with van der Waals surface area (Å²) in [6.45, 7) is 6.07. The number of hydrogen-bond donors (Lipinski definition) is 1. The van der Waals surface area contributed by atoms with E-state index in [2.05, 4.69) is 22.5 Å². The predicted molar refractivity (Wildman–Crippen MR) is 95.0 cm³/mol. The van der Waals surface area contributed by atoms with E-state index in [1.54, 1.807) is 13.3 Å². The van der Waals surface area contributed by atoms with Crippen molar-refractivity contribution < 1.29 is 9.84 Å². The van der Waals surface area contributed by atoms with Gasteiger partial charge in [0.2, 0.25) is 0 Å². The van der Waals surface area contributed by atoms with Gasteiger partial charge in [-0.15, -0.1) is 6.58 Å². The SMILES string of the molecule is C=C[C@@H]1CN2CCC1C[C@H]2[C@H](O)c1ccnc2ccc(OC)cc12. The van der Waals surface area contributed by atoms with E-state index >= 15 is 0 Å². The molecule has 0 spiro atoms. The molecule has 126 valence electrons. The van der Waals surface area contributed by atoms with Gasteiger partial charge in [0.05, 0.1) is 18.7 Å². The molecule has 3 aliphatic rings. The highest BCUT2D eigenvalue weighted by Gasteiger charge is 2.42. The van der Waals surface area contributed by atoms with Gasteiger partial charge in [0.15, 0.2) is 0 Å². The van der Waals surface area contributed by atoms with Crippen LogP contribution < -0.4 is 4.74 Å². The van der Waals surface area contributed by atoms with Gasteiger partial charge in [0, 0.05) is 24.2 Å². The lowest BCUT2D eigenvalue weighted by atomic mass is 9.73. The Morgan fingerprint density at radius 2 is 2.29 bits per heavy atom. The summed E-state index contributed by atoms with van der Waals surface area (Å²) in [5, 5.41) is 12.1. The average molecular weight is 324 g/mol. The second-order valence-corrected chi connectivity index (χ2v) is 6.97. The van der Waals surface area contributed by atoms with Crippen LogP contribution in [-0.2, 0) is 0 Å². The monoisotopic (exact) mass is 324 g/mol. The minimum absolute atomic E-state index is 0.178. The number of nitrogens with zero attached hydrogens (tertiary/aromatic N) is 2. The topological polar surface area (TPSA) is 45.6 Å². The Morgan fingerprint density at radius 1 is 1.42 bits per heavy atom. The lowest BCUT2D eigenvalue weighted by Crippen LogP contribution is -2.54. The van der Waals surface area contributed by atoms with E-state index < -0.39 is 6.10 Å². The van der Waals surface area contributed by atoms with Crippen LogP contribution >= 0.6 is 0 Å². The highest BCUT2D eigenvalue weighted by atomic mass is 16.5. The molecule has 2 aromatic rings. The summed E-state index contributed by atoms with van der Waals surface area (Å²) in [5.41, 5.74) is 1.85. The van der Waals surface area contributed by atoms with Gasteiger partial charge in [-0.05, 0) is 61.1 Å². The molecule has 4 nitrogen and oxygen atoms in total. The molecule has 1 aromatic heterocycles. The number of rotatable bonds is 4. The van der Waals surface area contributed by atoms with Crippen molar-refractivity contribution >= 4 is 10.9 Å². The van der Waals surface area contributed by atoms with Crippen LogP contribution in [0.3, 0.4) is 0 Å². The Balaban J connectivity index is 1.69. The summed E-state index contributed by atoms with van der Waals surface area (Å²) in [4.78, 5) is 6.86. The largest absolute Gasteiger partial charge is 0.497 e. The van der Waals surface area contributed by atoms with Crippen LogP contribution in [0.1, 0.15) is 24.5 Å². The van der Waals surface area contributed by atoms with Gasteiger partial charge in [-0.2, -0.15) is 0 Å². The number of benzene rings is 1. The fraction of sp³-hybridized carbons (Fsp3) is 0.450. The normalized spacial score (nSPS) is 30.2. The van der Waals surface area contributed by atoms with Gasteiger partial charge in [0.25, 0.3) is 0 Å². The highest BCUT2D eigenvalue weighted by Crippen LogP contribution is 2.42. The third-order valence-electron chi connectivity index (χ3n) is 5.82. The summed E-state index contributed by atoms with van der Waals surface area (Å²) in [5.74, 6) is 2.01. The molecule has 1 N–H and O–H groups in total. The van der Waals surface area contributed by atoms with E-state index in [1.165, 1.54) is 6.42 Å². The van der Waals surface area contributed by atoms with E-state index in [1.807, 2.05) is 24.3 Å². The van der Waals surface area contributed by atoms with Crippen LogP contribution in [0.25, 0.3) is 10.9 Å². The lowest BCUT2D eigenvalue weighted by Gasteiger charge is -2.50. The second kappa shape index (κ2) is 6.19. The number of pyridine rings is 1. The van der Waals surface area contributed by atoms with Gasteiger partial charge >= 0.3 is 0 Å². The molecule has 5 atom stereocenters. The van der Waals surface area contributed by atoms with Crippen molar-refractivity contribution in [2.45, 2.75) is 25.0 Å². The molecule has 2 bridgehead atoms. The molecule has 2 unspecified atom stereocenters. The summed E-state index contributed by atoms with van der Waals surface area (Å²) < 4.78 is 5.35. The lowest BCUT2D eigenvalue weighted by molar-refractivity contribution is -0.0444. The Bertz CT molecular complexity index is 760. The minimum atomic E-state index is -0.504. The molecule has 0 amide bonds. The number of piperidine rings is 3. The first kappa shape index (κ1) is 15.6. The molecule has 0 radical (unpaired) electrons. The van der Waals surface area contributed by atoms with E-state index in [4.69, 9.17) is 4.74 Å². The molecule has 4 heterocycles. The fourth-order valence-electron chi connectivity index (χ4n) is 4.44. The predicted octanol–water partition coefficient (Wildman–Crippen LogP) is 3.17. The molecule has 3 aliphatic heterocycles. The van der Waals surface area contributed by atoms with Crippen molar-refractivity contribution in [2.75, 3.05) is 20.2 Å². The van der Waals surface area contributed by atoms with Crippen LogP contribution in [0.2, 0.25) is 0 Å². The number of aromatic nitrogens is 1. The number of aliphatic hydroxyl groups is 1. The first-order valence-corrected chi connectivity index (χ1v) is 8.68. The third-order valence-corrected chi connectivity index (χ3v) is 5.82. The van der Waals surface area contributed by atoms with Crippen LogP contribution in [-0.4, -0.2) is 41.2 Å². The Hall–Kier alpha value is -1.91. The number of hydrogen-bond acceptors (Lipinski definition) is 4. The van der Waals surface area contributed by atoms with E-state index in [0.29, 0.717) is 11.8 Å². The van der Waals surface area contributed by atoms with E-state index in [0.717, 1.165) is 41.7 Å². The summed E-state index contributed by atoms with van der Waals surface area (Å²) in [6.07, 6.45) is 5.62. The zero-order valence-corrected chi connectivity index (χ0v) is 14.1. The molecule has 0 saturated carbocycles. The van der Waals surface area contributed by atoms with Crippen molar-refractivity contribution in [1.82, 2.24) is 9.88 Å². The van der Waals surface area contributed by atoms with Gasteiger partial charge < -0.3 is 9.84 Å². The summed E-state index contributed by atoms with van der Waals surface area (Å²) in [6, 6.07) is 7.96. The first-order chi connectivity index (χ1) is 11.7. The average Bonchev–Trinajstić information content (AvgIpc) is 2.66. The Labute approximate surface area is 142 Å². The van der Waals surface area contributed by atoms with Crippen LogP contribution in [0, 0.1) is 11.8 Å². The molecular formula is C20H24N2O2. The standard InChI is InChI=1S/C20H24N2O2/c1-3-13-12-22-9-7-14(13)10-19(22)20(23)16-6-8-21-18-5-4-15(24-2)11-17(16)18/h3-6,8,11,13-14,19-20,23H,1,7,9-10,12H2,2H3/t13-,14?,19+,20-/m1/s1. The number of aliphatic hydroxyl groups excluding tert-OH is 1. The van der Waals surface area contributed by atoms with Crippen molar-refractivity contribution in [2.24, 2.45) is 11.8 Å². The molecule has 5 rings (SSSR count). The number of methoxy groups -OCH3 is 1. The van der Waals surface area contributed by atoms with Gasteiger partial charge in [-0.3, -0.25) is 9.88 Å². The molecule has 3 fully saturated rings. The second-order valence-electron chi connectivity index (χ2n) is 6.97. The third kappa shape index (κ3) is 2.50. The molecule has 24 heavy (non-hydrogen) atoms. The van der Waals surface area contributed by atoms with Crippen molar-refractivity contribution in [3.8, 4) is 5.75 Å². The first-order valence-electron chi connectivity index (χ1n) is 8.68. The maximum Gasteiger partial charge on any atom is 0.119 e. The molecule has 0 aliphatic carbocycles. The van der Waals surface area contributed by atoms with Gasteiger partial charge in [-0.1, -0.05) is 6.08 Å². The molecule has 4 heteroatoms. The highest BCUT2D eigenvalue weighted by molar-refractivity contribution is 5.83. The molecule has 3 saturated heterocycles. The van der Waals surface area contributed by atoms with Crippen molar-refractivity contribution in [1.29, 1.82) is 0 Å². The van der Waals surface area contributed by atoms with E-state index in [-0.39, 0.29) is 6.04 Å². The summed E-state index contributed by atoms with van der Waals surface area (Å²) in [7, 11) is 1.66. The van der Waals surface area contributed by atoms with Gasteiger partial charge in [-0.25, -0.2) is 0 Å². The Morgan fingerprint density at radius 3 is 3.00 bits per heavy atom.